The Kier molecular flexibility index (Phi) is 7.48. The number of nitro groups is 1. The fourth-order valence-electron chi connectivity index (χ4n) is 3.97. The summed E-state index contributed by atoms with van der Waals surface area (Å²) in [5.74, 6) is -0.849. The minimum absolute atomic E-state index is 0.0332. The van der Waals surface area contributed by atoms with Crippen LogP contribution in [0.5, 0.6) is 0 Å². The van der Waals surface area contributed by atoms with Gasteiger partial charge < -0.3 is 13.9 Å². The highest BCUT2D eigenvalue weighted by Crippen LogP contribution is 2.39. The van der Waals surface area contributed by atoms with Gasteiger partial charge in [-0.3, -0.25) is 10.1 Å². The van der Waals surface area contributed by atoms with E-state index in [0.717, 1.165) is 0 Å². The zero-order chi connectivity index (χ0) is 25.5. The van der Waals surface area contributed by atoms with Crippen LogP contribution in [0.2, 0.25) is 18.1 Å². The molecule has 9 nitrogen and oxygen atoms in total. The molecule has 190 valence electrons. The number of ether oxygens (including phenoxy) is 2. The molecule has 0 saturated carbocycles. The number of nitrogens with zero attached hydrogens (tertiary/aromatic N) is 2. The molecule has 0 N–H and O–H groups in total. The van der Waals surface area contributed by atoms with E-state index in [9.17, 15) is 18.5 Å². The number of benzene rings is 1. The van der Waals surface area contributed by atoms with Gasteiger partial charge in [0.2, 0.25) is 0 Å². The molecule has 2 aliphatic rings. The lowest BCUT2D eigenvalue weighted by atomic mass is 10.2. The number of para-hydroxylation sites is 1. The van der Waals surface area contributed by atoms with Crippen molar-refractivity contribution >= 4 is 24.0 Å². The zero-order valence-electron chi connectivity index (χ0n) is 21.0. The highest BCUT2D eigenvalue weighted by molar-refractivity contribution is 7.89. The Hall–Kier alpha value is -1.63. The second-order valence-electron chi connectivity index (χ2n) is 10.7. The van der Waals surface area contributed by atoms with E-state index < -0.39 is 46.9 Å². The molecule has 0 spiro atoms. The molecule has 0 amide bonds. The fraction of sp³-hybridized carbons (Fsp3) is 0.652. The van der Waals surface area contributed by atoms with E-state index in [-0.39, 0.29) is 22.6 Å². The molecule has 0 bridgehead atoms. The Morgan fingerprint density at radius 1 is 1.18 bits per heavy atom. The first kappa shape index (κ1) is 27.0. The third-order valence-electron chi connectivity index (χ3n) is 6.77. The van der Waals surface area contributed by atoms with Crippen LogP contribution in [0.4, 0.5) is 5.69 Å². The average molecular weight is 513 g/mol. The molecule has 1 saturated heterocycles. The molecule has 34 heavy (non-hydrogen) atoms. The van der Waals surface area contributed by atoms with Crippen LogP contribution in [0.3, 0.4) is 0 Å². The Balaban J connectivity index is 1.89. The van der Waals surface area contributed by atoms with Gasteiger partial charge in [0.05, 0.1) is 11.0 Å². The lowest BCUT2D eigenvalue weighted by Crippen LogP contribution is -2.48. The van der Waals surface area contributed by atoms with Gasteiger partial charge in [-0.15, -0.1) is 0 Å². The number of hydrogen-bond donors (Lipinski definition) is 0. The van der Waals surface area contributed by atoms with E-state index in [1.807, 2.05) is 0 Å². The average Bonchev–Trinajstić information content (AvgIpc) is 3.22. The standard InChI is InChI=1S/C23H36N2O7SSi/c1-22(2,3)34(6,7)30-16-10-15-24(18-13-14-19-21(18)32-23(4,5)31-19)33(28,29)20-12-9-8-11-17(20)25(26)27/h8-9,11-14,18-19,21H,10,15-16H2,1-7H3/t18-,19-,21+/m0/s1. The largest absolute Gasteiger partial charge is 0.417 e. The highest BCUT2D eigenvalue weighted by atomic mass is 32.2. The van der Waals surface area contributed by atoms with Crippen molar-refractivity contribution in [2.24, 2.45) is 0 Å². The van der Waals surface area contributed by atoms with Crippen molar-refractivity contribution in [1.82, 2.24) is 4.31 Å². The lowest BCUT2D eigenvalue weighted by Gasteiger charge is -2.36. The Morgan fingerprint density at radius 3 is 2.44 bits per heavy atom. The maximum atomic E-state index is 13.8. The minimum atomic E-state index is -4.22. The summed E-state index contributed by atoms with van der Waals surface area (Å²) in [4.78, 5) is 10.6. The summed E-state index contributed by atoms with van der Waals surface area (Å²) in [5, 5.41) is 11.6. The quantitative estimate of drug-likeness (QED) is 0.158. The van der Waals surface area contributed by atoms with E-state index in [4.69, 9.17) is 13.9 Å². The molecule has 11 heteroatoms. The monoisotopic (exact) mass is 512 g/mol. The summed E-state index contributed by atoms with van der Waals surface area (Å²) in [6.07, 6.45) is 3.09. The number of sulfonamides is 1. The van der Waals surface area contributed by atoms with Crippen molar-refractivity contribution in [2.45, 2.75) is 88.1 Å². The second-order valence-corrected chi connectivity index (χ2v) is 17.4. The van der Waals surface area contributed by atoms with Gasteiger partial charge in [0.1, 0.15) is 12.2 Å². The lowest BCUT2D eigenvalue weighted by molar-refractivity contribution is -0.387. The van der Waals surface area contributed by atoms with Crippen LogP contribution in [0.25, 0.3) is 0 Å². The van der Waals surface area contributed by atoms with Crippen molar-refractivity contribution in [3.63, 3.8) is 0 Å². The first-order valence-electron chi connectivity index (χ1n) is 11.5. The predicted molar refractivity (Wildman–Crippen MR) is 132 cm³/mol. The van der Waals surface area contributed by atoms with E-state index in [1.165, 1.54) is 28.6 Å². The third-order valence-corrected chi connectivity index (χ3v) is 13.3. The molecule has 1 aliphatic heterocycles. The van der Waals surface area contributed by atoms with Crippen molar-refractivity contribution in [1.29, 1.82) is 0 Å². The summed E-state index contributed by atoms with van der Waals surface area (Å²) in [7, 11) is -6.22. The highest BCUT2D eigenvalue weighted by Gasteiger charge is 2.51. The molecular weight excluding hydrogens is 476 g/mol. The van der Waals surface area contributed by atoms with Crippen molar-refractivity contribution < 1.29 is 27.2 Å². The molecule has 1 aromatic carbocycles. The van der Waals surface area contributed by atoms with E-state index in [1.54, 1.807) is 26.0 Å². The van der Waals surface area contributed by atoms with Crippen molar-refractivity contribution in [3.05, 3.63) is 46.5 Å². The van der Waals surface area contributed by atoms with Crippen LogP contribution in [0.1, 0.15) is 41.0 Å². The normalized spacial score (nSPS) is 24.5. The summed E-state index contributed by atoms with van der Waals surface area (Å²) < 4.78 is 47.1. The van der Waals surface area contributed by atoms with Crippen LogP contribution >= 0.6 is 0 Å². The second kappa shape index (κ2) is 9.44. The van der Waals surface area contributed by atoms with Crippen LogP contribution in [0, 0.1) is 10.1 Å². The van der Waals surface area contributed by atoms with Crippen LogP contribution in [-0.2, 0) is 23.9 Å². The molecule has 0 radical (unpaired) electrons. The zero-order valence-corrected chi connectivity index (χ0v) is 22.8. The SMILES string of the molecule is CC1(C)O[C@H]2[C@H](C=C[C@@H]2N(CCCO[Si](C)(C)C(C)(C)C)S(=O)(=O)c2ccccc2[N+](=O)[O-])O1. The molecule has 1 aromatic rings. The van der Waals surface area contributed by atoms with Crippen LogP contribution in [0.15, 0.2) is 41.3 Å². The maximum absolute atomic E-state index is 13.8. The Morgan fingerprint density at radius 2 is 1.82 bits per heavy atom. The molecular formula is C23H36N2O7SSi. The summed E-state index contributed by atoms with van der Waals surface area (Å²) in [6.45, 7) is 14.8. The van der Waals surface area contributed by atoms with E-state index in [2.05, 4.69) is 33.9 Å². The molecule has 1 aliphatic carbocycles. The molecule has 0 aromatic heterocycles. The maximum Gasteiger partial charge on any atom is 0.289 e. The number of hydrogen-bond acceptors (Lipinski definition) is 7. The van der Waals surface area contributed by atoms with Gasteiger partial charge in [-0.1, -0.05) is 45.1 Å². The molecule has 0 unspecified atom stereocenters. The smallest absolute Gasteiger partial charge is 0.289 e. The van der Waals surface area contributed by atoms with Gasteiger partial charge in [0.15, 0.2) is 19.0 Å². The minimum Gasteiger partial charge on any atom is -0.417 e. The number of nitro benzene ring substituents is 1. The fourth-order valence-corrected chi connectivity index (χ4v) is 6.85. The van der Waals surface area contributed by atoms with Gasteiger partial charge >= 0.3 is 0 Å². The molecule has 3 atom stereocenters. The van der Waals surface area contributed by atoms with Gasteiger partial charge in [-0.25, -0.2) is 8.42 Å². The third kappa shape index (κ3) is 5.44. The Bertz CT molecular complexity index is 1050. The summed E-state index contributed by atoms with van der Waals surface area (Å²) >= 11 is 0. The van der Waals surface area contributed by atoms with Crippen LogP contribution < -0.4 is 0 Å². The molecule has 1 fully saturated rings. The summed E-state index contributed by atoms with van der Waals surface area (Å²) in [6, 6.07) is 4.78. The first-order chi connectivity index (χ1) is 15.6. The topological polar surface area (TPSA) is 108 Å². The first-order valence-corrected chi connectivity index (χ1v) is 15.8. The van der Waals surface area contributed by atoms with Crippen molar-refractivity contribution in [2.75, 3.05) is 13.2 Å². The van der Waals surface area contributed by atoms with E-state index in [0.29, 0.717) is 13.0 Å². The van der Waals surface area contributed by atoms with Crippen molar-refractivity contribution in [3.8, 4) is 0 Å². The van der Waals surface area contributed by atoms with Crippen LogP contribution in [-0.4, -0.2) is 63.2 Å². The Labute approximate surface area is 203 Å². The predicted octanol–water partition coefficient (Wildman–Crippen LogP) is 4.46. The number of fused-ring (bicyclic) bond motifs is 1. The van der Waals surface area contributed by atoms with Gasteiger partial charge in [0.25, 0.3) is 15.7 Å². The van der Waals surface area contributed by atoms with Gasteiger partial charge in [-0.05, 0) is 44.5 Å². The molecule has 3 rings (SSSR count). The van der Waals surface area contributed by atoms with Gasteiger partial charge in [-0.2, -0.15) is 4.31 Å². The number of rotatable bonds is 9. The van der Waals surface area contributed by atoms with E-state index >= 15 is 0 Å². The summed E-state index contributed by atoms with van der Waals surface area (Å²) in [5.41, 5.74) is -0.451. The molecule has 1 heterocycles. The van der Waals surface area contributed by atoms with Gasteiger partial charge in [0, 0.05) is 19.2 Å².